The number of ketones is 1. The number of hydrogen-bond acceptors (Lipinski definition) is 6. The van der Waals surface area contributed by atoms with E-state index in [4.69, 9.17) is 15.2 Å². The second kappa shape index (κ2) is 6.20. The number of esters is 1. The van der Waals surface area contributed by atoms with E-state index in [2.05, 4.69) is 18.0 Å². The number of rotatable bonds is 3. The molecule has 0 saturated carbocycles. The Labute approximate surface area is 135 Å². The third-order valence-electron chi connectivity index (χ3n) is 4.70. The summed E-state index contributed by atoms with van der Waals surface area (Å²) in [5, 5.41) is 2.97. The Morgan fingerprint density at radius 1 is 1.57 bits per heavy atom. The number of Topliss-reactive ketones (excluding diaryl/α,β-unsaturated/α-hetero) is 1. The maximum atomic E-state index is 12.9. The molecule has 2 heterocycles. The van der Waals surface area contributed by atoms with Crippen LogP contribution in [0.5, 0.6) is 0 Å². The van der Waals surface area contributed by atoms with Gasteiger partial charge in [-0.3, -0.25) is 9.59 Å². The highest BCUT2D eigenvalue weighted by atomic mass is 16.5. The first-order valence-electron chi connectivity index (χ1n) is 7.99. The van der Waals surface area contributed by atoms with Crippen molar-refractivity contribution in [3.63, 3.8) is 0 Å². The molecule has 3 N–H and O–H groups in total. The Kier molecular flexibility index (Phi) is 4.26. The van der Waals surface area contributed by atoms with Crippen molar-refractivity contribution < 1.29 is 19.1 Å². The van der Waals surface area contributed by atoms with E-state index < -0.39 is 12.1 Å². The monoisotopic (exact) mass is 318 g/mol. The molecule has 0 unspecified atom stereocenters. The molecule has 0 fully saturated rings. The molecule has 6 nitrogen and oxygen atoms in total. The van der Waals surface area contributed by atoms with Gasteiger partial charge >= 0.3 is 5.97 Å². The SMILES string of the molecule is C=CC1=CC[C@H]2OC3=C(C[C@H](C(=O)OCC)[C@H](N)N3)C(=O)[C@H]2C1. The first-order chi connectivity index (χ1) is 11.0. The largest absolute Gasteiger partial charge is 0.474 e. The third-order valence-corrected chi connectivity index (χ3v) is 4.70. The van der Waals surface area contributed by atoms with Crippen molar-refractivity contribution in [2.75, 3.05) is 6.61 Å². The molecule has 6 heteroatoms. The second-order valence-electron chi connectivity index (χ2n) is 6.09. The fourth-order valence-electron chi connectivity index (χ4n) is 3.41. The van der Waals surface area contributed by atoms with Gasteiger partial charge < -0.3 is 20.5 Å². The standard InChI is InChI=1S/C17H22N2O4/c1-3-9-5-6-13-10(7-9)14(20)11-8-12(17(21)22-4-2)15(18)19-16(11)23-13/h3,5,10,12-13,15,19H,1,4,6-8,18H2,2H3/t10-,12-,13+,15+/m0/s1. The van der Waals surface area contributed by atoms with Crippen LogP contribution >= 0.6 is 0 Å². The van der Waals surface area contributed by atoms with E-state index in [-0.39, 0.29) is 36.8 Å². The van der Waals surface area contributed by atoms with Crippen molar-refractivity contribution in [1.82, 2.24) is 5.32 Å². The van der Waals surface area contributed by atoms with Gasteiger partial charge in [-0.05, 0) is 19.8 Å². The Bertz CT molecular complexity index is 608. The predicted molar refractivity (Wildman–Crippen MR) is 83.8 cm³/mol. The first kappa shape index (κ1) is 15.8. The quantitative estimate of drug-likeness (QED) is 0.759. The fraction of sp³-hybridized carbons (Fsp3) is 0.529. The summed E-state index contributed by atoms with van der Waals surface area (Å²) in [6, 6.07) is 0. The first-order valence-corrected chi connectivity index (χ1v) is 7.99. The Hall–Kier alpha value is -2.08. The second-order valence-corrected chi connectivity index (χ2v) is 6.09. The minimum atomic E-state index is -0.611. The van der Waals surface area contributed by atoms with E-state index in [1.54, 1.807) is 13.0 Å². The van der Waals surface area contributed by atoms with Crippen LogP contribution in [0.15, 0.2) is 35.8 Å². The zero-order chi connectivity index (χ0) is 16.6. The summed E-state index contributed by atoms with van der Waals surface area (Å²) in [6.45, 7) is 5.81. The summed E-state index contributed by atoms with van der Waals surface area (Å²) in [4.78, 5) is 24.9. The van der Waals surface area contributed by atoms with Crippen LogP contribution in [0.1, 0.15) is 26.2 Å². The smallest absolute Gasteiger partial charge is 0.312 e. The number of fused-ring (bicyclic) bond motifs is 1. The van der Waals surface area contributed by atoms with Crippen molar-refractivity contribution in [3.05, 3.63) is 35.8 Å². The molecule has 3 aliphatic rings. The summed E-state index contributed by atoms with van der Waals surface area (Å²) in [7, 11) is 0. The lowest BCUT2D eigenvalue weighted by molar-refractivity contribution is -0.150. The molecule has 2 aliphatic heterocycles. The van der Waals surface area contributed by atoms with Crippen molar-refractivity contribution in [3.8, 4) is 0 Å². The highest BCUT2D eigenvalue weighted by molar-refractivity contribution is 6.00. The Morgan fingerprint density at radius 2 is 2.35 bits per heavy atom. The van der Waals surface area contributed by atoms with Gasteiger partial charge in [0, 0.05) is 6.42 Å². The maximum absolute atomic E-state index is 12.9. The molecule has 0 aromatic carbocycles. The van der Waals surface area contributed by atoms with Crippen LogP contribution in [0.25, 0.3) is 0 Å². The number of hydrogen-bond donors (Lipinski definition) is 2. The number of carbonyl (C=O) groups is 2. The van der Waals surface area contributed by atoms with Gasteiger partial charge in [0.1, 0.15) is 6.10 Å². The maximum Gasteiger partial charge on any atom is 0.312 e. The zero-order valence-electron chi connectivity index (χ0n) is 13.2. The number of carbonyl (C=O) groups excluding carboxylic acids is 2. The van der Waals surface area contributed by atoms with E-state index in [9.17, 15) is 9.59 Å². The minimum absolute atomic E-state index is 0.0393. The lowest BCUT2D eigenvalue weighted by atomic mass is 9.77. The fourth-order valence-corrected chi connectivity index (χ4v) is 3.41. The number of nitrogens with one attached hydrogen (secondary N) is 1. The van der Waals surface area contributed by atoms with Crippen LogP contribution in [0.4, 0.5) is 0 Å². The molecular formula is C17H22N2O4. The van der Waals surface area contributed by atoms with Crippen molar-refractivity contribution in [2.24, 2.45) is 17.6 Å². The molecule has 0 aromatic heterocycles. The predicted octanol–water partition coefficient (Wildman–Crippen LogP) is 1.15. The molecule has 0 amide bonds. The summed E-state index contributed by atoms with van der Waals surface area (Å²) in [5.74, 6) is -0.706. The molecule has 1 aliphatic carbocycles. The highest BCUT2D eigenvalue weighted by Gasteiger charge is 2.45. The van der Waals surface area contributed by atoms with Crippen molar-refractivity contribution in [2.45, 2.75) is 38.5 Å². The highest BCUT2D eigenvalue weighted by Crippen LogP contribution is 2.39. The zero-order valence-corrected chi connectivity index (χ0v) is 13.2. The molecule has 0 spiro atoms. The summed E-state index contributed by atoms with van der Waals surface area (Å²) >= 11 is 0. The van der Waals surface area contributed by atoms with Gasteiger partial charge in [-0.15, -0.1) is 0 Å². The van der Waals surface area contributed by atoms with Gasteiger partial charge in [-0.2, -0.15) is 0 Å². The number of ether oxygens (including phenoxy) is 2. The molecule has 3 rings (SSSR count). The molecule has 23 heavy (non-hydrogen) atoms. The molecule has 0 aromatic rings. The van der Waals surface area contributed by atoms with Gasteiger partial charge in [-0.25, -0.2) is 0 Å². The van der Waals surface area contributed by atoms with E-state index in [1.807, 2.05) is 0 Å². The normalized spacial score (nSPS) is 32.8. The average molecular weight is 318 g/mol. The summed E-state index contributed by atoms with van der Waals surface area (Å²) in [5.41, 5.74) is 7.60. The van der Waals surface area contributed by atoms with Crippen molar-refractivity contribution >= 4 is 11.8 Å². The minimum Gasteiger partial charge on any atom is -0.474 e. The summed E-state index contributed by atoms with van der Waals surface area (Å²) in [6.07, 6.45) is 4.61. The van der Waals surface area contributed by atoms with Gasteiger partial charge in [0.2, 0.25) is 0 Å². The Morgan fingerprint density at radius 3 is 3.04 bits per heavy atom. The van der Waals surface area contributed by atoms with Crippen LogP contribution in [-0.4, -0.2) is 30.6 Å². The van der Waals surface area contributed by atoms with Gasteiger partial charge in [-0.1, -0.05) is 24.3 Å². The molecular weight excluding hydrogens is 296 g/mol. The van der Waals surface area contributed by atoms with Crippen LogP contribution < -0.4 is 11.1 Å². The van der Waals surface area contributed by atoms with Gasteiger partial charge in [0.25, 0.3) is 0 Å². The summed E-state index contributed by atoms with van der Waals surface area (Å²) < 4.78 is 11.0. The molecule has 0 radical (unpaired) electrons. The van der Waals surface area contributed by atoms with Crippen LogP contribution in [0.2, 0.25) is 0 Å². The van der Waals surface area contributed by atoms with Gasteiger partial charge in [0.05, 0.1) is 30.2 Å². The van der Waals surface area contributed by atoms with Crippen LogP contribution in [-0.2, 0) is 19.1 Å². The lowest BCUT2D eigenvalue weighted by Crippen LogP contribution is -2.54. The number of nitrogens with two attached hydrogens (primary N) is 1. The van der Waals surface area contributed by atoms with Crippen molar-refractivity contribution in [1.29, 1.82) is 0 Å². The number of allylic oxidation sites excluding steroid dienone is 3. The van der Waals surface area contributed by atoms with E-state index in [0.717, 1.165) is 5.57 Å². The van der Waals surface area contributed by atoms with Crippen LogP contribution in [0.3, 0.4) is 0 Å². The van der Waals surface area contributed by atoms with E-state index in [1.165, 1.54) is 0 Å². The lowest BCUT2D eigenvalue weighted by Gasteiger charge is -2.41. The van der Waals surface area contributed by atoms with Crippen LogP contribution in [0, 0.1) is 11.8 Å². The molecule has 0 saturated heterocycles. The molecule has 0 bridgehead atoms. The van der Waals surface area contributed by atoms with E-state index in [0.29, 0.717) is 24.3 Å². The molecule has 124 valence electrons. The average Bonchev–Trinajstić information content (AvgIpc) is 2.54. The van der Waals surface area contributed by atoms with E-state index >= 15 is 0 Å². The third kappa shape index (κ3) is 2.79. The molecule has 4 atom stereocenters. The topological polar surface area (TPSA) is 90.7 Å². The van der Waals surface area contributed by atoms with Gasteiger partial charge in [0.15, 0.2) is 11.7 Å². The Balaban J connectivity index is 1.82.